The molecule has 0 aliphatic heterocycles. The highest BCUT2D eigenvalue weighted by Gasteiger charge is 2.12. The molecule has 2 N–H and O–H groups in total. The molecule has 0 aliphatic carbocycles. The molecule has 0 bridgehead atoms. The number of hydrogen-bond donors (Lipinski definition) is 2. The van der Waals surface area contributed by atoms with Crippen LogP contribution >= 0.6 is 0 Å². The number of aryl methyl sites for hydroxylation is 1. The fourth-order valence-corrected chi connectivity index (χ4v) is 2.41. The lowest BCUT2D eigenvalue weighted by Crippen LogP contribution is -1.90. The predicted octanol–water partition coefficient (Wildman–Crippen LogP) is 4.03. The summed E-state index contributed by atoms with van der Waals surface area (Å²) in [4.78, 5) is 7.19. The van der Waals surface area contributed by atoms with Gasteiger partial charge in [-0.25, -0.2) is 9.37 Å². The average molecular weight is 270 g/mol. The minimum Gasteiger partial charge on any atom is -0.504 e. The van der Waals surface area contributed by atoms with Crippen molar-refractivity contribution in [3.8, 4) is 16.9 Å². The smallest absolute Gasteiger partial charge is 0.165 e. The van der Waals surface area contributed by atoms with Gasteiger partial charge in [0.1, 0.15) is 0 Å². The molecule has 0 radical (unpaired) electrons. The van der Waals surface area contributed by atoms with Crippen molar-refractivity contribution in [3.63, 3.8) is 0 Å². The maximum Gasteiger partial charge on any atom is 0.165 e. The first-order valence-electron chi connectivity index (χ1n) is 6.64. The molecule has 3 rings (SSSR count). The first-order valence-corrected chi connectivity index (χ1v) is 6.64. The Bertz CT molecular complexity index is 764. The number of rotatable bonds is 3. The molecular weight excluding hydrogens is 255 g/mol. The second kappa shape index (κ2) is 4.96. The predicted molar refractivity (Wildman–Crippen MR) is 77.1 cm³/mol. The quantitative estimate of drug-likeness (QED) is 0.755. The van der Waals surface area contributed by atoms with Gasteiger partial charge < -0.3 is 10.1 Å². The van der Waals surface area contributed by atoms with Crippen molar-refractivity contribution in [1.29, 1.82) is 0 Å². The van der Waals surface area contributed by atoms with Crippen LogP contribution in [0.25, 0.3) is 22.2 Å². The maximum absolute atomic E-state index is 13.8. The maximum atomic E-state index is 13.8. The van der Waals surface area contributed by atoms with Gasteiger partial charge in [-0.1, -0.05) is 19.4 Å². The van der Waals surface area contributed by atoms with Crippen LogP contribution < -0.4 is 0 Å². The zero-order valence-corrected chi connectivity index (χ0v) is 11.2. The number of phenolic OH excluding ortho intramolecular Hbond substituents is 1. The van der Waals surface area contributed by atoms with Gasteiger partial charge >= 0.3 is 0 Å². The van der Waals surface area contributed by atoms with Gasteiger partial charge in [0, 0.05) is 5.56 Å². The van der Waals surface area contributed by atoms with Crippen LogP contribution in [0.1, 0.15) is 18.9 Å². The summed E-state index contributed by atoms with van der Waals surface area (Å²) in [5, 5.41) is 9.96. The Balaban J connectivity index is 2.16. The Kier molecular flexibility index (Phi) is 3.14. The van der Waals surface area contributed by atoms with Gasteiger partial charge in [0.05, 0.1) is 17.4 Å². The number of aromatic amines is 1. The third kappa shape index (κ3) is 2.13. The van der Waals surface area contributed by atoms with Gasteiger partial charge in [-0.3, -0.25) is 0 Å². The van der Waals surface area contributed by atoms with E-state index in [1.807, 2.05) is 31.2 Å². The van der Waals surface area contributed by atoms with E-state index in [-0.39, 0.29) is 5.75 Å². The van der Waals surface area contributed by atoms with Gasteiger partial charge in [0.2, 0.25) is 0 Å². The van der Waals surface area contributed by atoms with Crippen LogP contribution in [0.4, 0.5) is 4.39 Å². The zero-order valence-electron chi connectivity index (χ0n) is 11.2. The number of phenols is 1. The van der Waals surface area contributed by atoms with E-state index in [9.17, 15) is 9.50 Å². The van der Waals surface area contributed by atoms with E-state index >= 15 is 0 Å². The Morgan fingerprint density at radius 2 is 2.10 bits per heavy atom. The van der Waals surface area contributed by atoms with E-state index in [0.29, 0.717) is 5.56 Å². The number of aromatic hydroxyl groups is 1. The van der Waals surface area contributed by atoms with Gasteiger partial charge in [-0.2, -0.15) is 0 Å². The highest BCUT2D eigenvalue weighted by molar-refractivity contribution is 5.83. The fraction of sp³-hybridized carbons (Fsp3) is 0.188. The molecule has 0 aliphatic rings. The van der Waals surface area contributed by atoms with E-state index in [1.165, 1.54) is 6.07 Å². The van der Waals surface area contributed by atoms with E-state index in [2.05, 4.69) is 9.97 Å². The van der Waals surface area contributed by atoms with Crippen LogP contribution in [0.5, 0.6) is 5.75 Å². The summed E-state index contributed by atoms with van der Waals surface area (Å²) in [6, 6.07) is 8.81. The van der Waals surface area contributed by atoms with Crippen molar-refractivity contribution in [3.05, 3.63) is 48.0 Å². The van der Waals surface area contributed by atoms with Crippen LogP contribution in [-0.2, 0) is 6.42 Å². The minimum atomic E-state index is -0.576. The summed E-state index contributed by atoms with van der Waals surface area (Å²) in [6.45, 7) is 2.04. The summed E-state index contributed by atoms with van der Waals surface area (Å²) in [5.41, 5.74) is 3.87. The standard InChI is InChI=1S/C16H15FN2O/c1-2-3-10-6-12(16(20)13(17)7-10)11-4-5-14-15(8-11)19-9-18-14/h4-9,20H,2-3H2,1H3,(H,18,19). The molecule has 4 heteroatoms. The van der Waals surface area contributed by atoms with Crippen molar-refractivity contribution in [2.45, 2.75) is 19.8 Å². The third-order valence-electron chi connectivity index (χ3n) is 3.39. The average Bonchev–Trinajstić information content (AvgIpc) is 2.90. The number of aromatic nitrogens is 2. The summed E-state index contributed by atoms with van der Waals surface area (Å²) < 4.78 is 13.8. The first-order chi connectivity index (χ1) is 9.69. The number of H-pyrrole nitrogens is 1. The van der Waals surface area contributed by atoms with Gasteiger partial charge in [0.15, 0.2) is 11.6 Å². The van der Waals surface area contributed by atoms with Crippen LogP contribution in [0, 0.1) is 5.82 Å². The third-order valence-corrected chi connectivity index (χ3v) is 3.39. The second-order valence-electron chi connectivity index (χ2n) is 4.86. The molecule has 0 fully saturated rings. The second-order valence-corrected chi connectivity index (χ2v) is 4.86. The van der Waals surface area contributed by atoms with E-state index in [4.69, 9.17) is 0 Å². The highest BCUT2D eigenvalue weighted by Crippen LogP contribution is 2.34. The SMILES string of the molecule is CCCc1cc(F)c(O)c(-c2ccc3[nH]cnc3c2)c1. The Hall–Kier alpha value is -2.36. The van der Waals surface area contributed by atoms with Gasteiger partial charge in [-0.15, -0.1) is 0 Å². The van der Waals surface area contributed by atoms with E-state index in [0.717, 1.165) is 35.0 Å². The molecule has 20 heavy (non-hydrogen) atoms. The first kappa shape index (κ1) is 12.7. The molecule has 0 unspecified atom stereocenters. The molecule has 0 saturated carbocycles. The molecule has 0 atom stereocenters. The fourth-order valence-electron chi connectivity index (χ4n) is 2.41. The molecule has 3 nitrogen and oxygen atoms in total. The normalized spacial score (nSPS) is 11.1. The Morgan fingerprint density at radius 1 is 1.25 bits per heavy atom. The van der Waals surface area contributed by atoms with Crippen molar-refractivity contribution >= 4 is 11.0 Å². The molecule has 0 amide bonds. The number of fused-ring (bicyclic) bond motifs is 1. The van der Waals surface area contributed by atoms with Gasteiger partial charge in [0.25, 0.3) is 0 Å². The van der Waals surface area contributed by atoms with Crippen molar-refractivity contribution < 1.29 is 9.50 Å². The lowest BCUT2D eigenvalue weighted by molar-refractivity contribution is 0.434. The molecule has 2 aromatic carbocycles. The zero-order chi connectivity index (χ0) is 14.1. The number of halogens is 1. The van der Waals surface area contributed by atoms with Crippen molar-refractivity contribution in [2.24, 2.45) is 0 Å². The number of hydrogen-bond acceptors (Lipinski definition) is 2. The lowest BCUT2D eigenvalue weighted by atomic mass is 9.99. The van der Waals surface area contributed by atoms with Crippen molar-refractivity contribution in [1.82, 2.24) is 9.97 Å². The summed E-state index contributed by atoms with van der Waals surface area (Å²) in [7, 11) is 0. The monoisotopic (exact) mass is 270 g/mol. The van der Waals surface area contributed by atoms with E-state index < -0.39 is 5.82 Å². The number of nitrogens with one attached hydrogen (secondary N) is 1. The topological polar surface area (TPSA) is 48.9 Å². The molecule has 0 saturated heterocycles. The summed E-state index contributed by atoms with van der Waals surface area (Å²) >= 11 is 0. The van der Waals surface area contributed by atoms with E-state index in [1.54, 1.807) is 6.33 Å². The lowest BCUT2D eigenvalue weighted by Gasteiger charge is -2.09. The molecule has 102 valence electrons. The molecular formula is C16H15FN2O. The molecule has 1 aromatic heterocycles. The highest BCUT2D eigenvalue weighted by atomic mass is 19.1. The Labute approximate surface area is 116 Å². The molecule has 3 aromatic rings. The largest absolute Gasteiger partial charge is 0.504 e. The summed E-state index contributed by atoms with van der Waals surface area (Å²) in [6.07, 6.45) is 3.33. The van der Waals surface area contributed by atoms with Crippen LogP contribution in [0.3, 0.4) is 0 Å². The number of imidazole rings is 1. The van der Waals surface area contributed by atoms with Crippen molar-refractivity contribution in [2.75, 3.05) is 0 Å². The Morgan fingerprint density at radius 3 is 2.90 bits per heavy atom. The number of benzene rings is 2. The minimum absolute atomic E-state index is 0.306. The molecule has 0 spiro atoms. The molecule has 1 heterocycles. The van der Waals surface area contributed by atoms with Crippen LogP contribution in [0.15, 0.2) is 36.7 Å². The number of nitrogens with zero attached hydrogens (tertiary/aromatic N) is 1. The van der Waals surface area contributed by atoms with Crippen LogP contribution in [-0.4, -0.2) is 15.1 Å². The van der Waals surface area contributed by atoms with Gasteiger partial charge in [-0.05, 0) is 41.8 Å². The van der Waals surface area contributed by atoms with Crippen LogP contribution in [0.2, 0.25) is 0 Å². The summed E-state index contributed by atoms with van der Waals surface area (Å²) in [5.74, 6) is -0.882.